The van der Waals surface area contributed by atoms with Gasteiger partial charge in [0.1, 0.15) is 17.7 Å². The lowest BCUT2D eigenvalue weighted by atomic mass is 9.70. The standard InChI is InChI=1S/C17H19ClFNO4S.CH4/c1-16(2)9-4-5-17(16,3)14(6-9)24-13-8-12(19)10(7-11(13)18)15(21)20-25(22)23;/h7-9,14H,4-6H2,1-3H3;1H4/t9-,14+,17+;/m1./s1. The van der Waals surface area contributed by atoms with E-state index in [4.69, 9.17) is 16.3 Å². The predicted octanol–water partition coefficient (Wildman–Crippen LogP) is 4.91. The van der Waals surface area contributed by atoms with E-state index in [-0.39, 0.29) is 35.1 Å². The topological polar surface area (TPSA) is 72.8 Å². The molecule has 8 heteroatoms. The van der Waals surface area contributed by atoms with Crippen LogP contribution in [0.1, 0.15) is 57.8 Å². The number of amides is 1. The molecule has 2 bridgehead atoms. The minimum atomic E-state index is -2.95. The Morgan fingerprint density at radius 3 is 2.50 bits per heavy atom. The minimum Gasteiger partial charge on any atom is -0.488 e. The highest BCUT2D eigenvalue weighted by atomic mass is 35.5. The van der Waals surface area contributed by atoms with Crippen molar-refractivity contribution in [3.8, 4) is 5.75 Å². The van der Waals surface area contributed by atoms with E-state index < -0.39 is 27.8 Å². The maximum absolute atomic E-state index is 14.2. The van der Waals surface area contributed by atoms with Crippen molar-refractivity contribution in [1.29, 1.82) is 0 Å². The summed E-state index contributed by atoms with van der Waals surface area (Å²) in [4.78, 5) is 11.6. The van der Waals surface area contributed by atoms with Gasteiger partial charge in [0.05, 0.1) is 10.6 Å². The number of ether oxygens (including phenoxy) is 1. The van der Waals surface area contributed by atoms with E-state index in [1.807, 2.05) is 0 Å². The molecule has 0 spiro atoms. The van der Waals surface area contributed by atoms with Gasteiger partial charge in [-0.2, -0.15) is 8.42 Å². The molecule has 2 fully saturated rings. The zero-order chi connectivity index (χ0) is 18.6. The van der Waals surface area contributed by atoms with E-state index in [2.05, 4.69) is 25.1 Å². The summed E-state index contributed by atoms with van der Waals surface area (Å²) < 4.78 is 44.0. The fourth-order valence-corrected chi connectivity index (χ4v) is 4.80. The van der Waals surface area contributed by atoms with Crippen LogP contribution < -0.4 is 4.74 Å². The Morgan fingerprint density at radius 2 is 2.00 bits per heavy atom. The molecule has 3 rings (SSSR count). The summed E-state index contributed by atoms with van der Waals surface area (Å²) in [6, 6.07) is 2.09. The lowest BCUT2D eigenvalue weighted by molar-refractivity contribution is 0.0300. The van der Waals surface area contributed by atoms with Crippen LogP contribution in [0.3, 0.4) is 0 Å². The number of fused-ring (bicyclic) bond motifs is 2. The number of benzene rings is 1. The smallest absolute Gasteiger partial charge is 0.319 e. The van der Waals surface area contributed by atoms with Crippen molar-refractivity contribution < 1.29 is 22.3 Å². The zero-order valence-corrected chi connectivity index (χ0v) is 15.7. The van der Waals surface area contributed by atoms with Crippen molar-refractivity contribution in [2.24, 2.45) is 21.1 Å². The van der Waals surface area contributed by atoms with Gasteiger partial charge >= 0.3 is 10.5 Å². The van der Waals surface area contributed by atoms with Gasteiger partial charge in [-0.15, -0.1) is 0 Å². The molecular weight excluding hydrogens is 381 g/mol. The van der Waals surface area contributed by atoms with Gasteiger partial charge in [-0.3, -0.25) is 4.79 Å². The predicted molar refractivity (Wildman–Crippen MR) is 97.5 cm³/mol. The number of hydrogen-bond donors (Lipinski definition) is 0. The van der Waals surface area contributed by atoms with E-state index in [9.17, 15) is 17.6 Å². The molecule has 5 nitrogen and oxygen atoms in total. The van der Waals surface area contributed by atoms with E-state index in [0.29, 0.717) is 5.92 Å². The Labute approximate surface area is 159 Å². The van der Waals surface area contributed by atoms with Crippen molar-refractivity contribution in [2.75, 3.05) is 0 Å². The van der Waals surface area contributed by atoms with Gasteiger partial charge in [0.2, 0.25) is 0 Å². The monoisotopic (exact) mass is 403 g/mol. The Kier molecular flexibility index (Phi) is 5.55. The highest BCUT2D eigenvalue weighted by Gasteiger charge is 2.62. The van der Waals surface area contributed by atoms with Crippen molar-refractivity contribution in [2.45, 2.75) is 53.6 Å². The molecule has 1 aromatic carbocycles. The van der Waals surface area contributed by atoms with Crippen LogP contribution in [0, 0.1) is 22.6 Å². The van der Waals surface area contributed by atoms with E-state index in [1.165, 1.54) is 0 Å². The first-order valence-corrected chi connectivity index (χ1v) is 9.48. The van der Waals surface area contributed by atoms with Crippen LogP contribution in [0.2, 0.25) is 5.02 Å². The number of halogens is 2. The molecule has 2 aliphatic carbocycles. The highest BCUT2D eigenvalue weighted by molar-refractivity contribution is 7.62. The van der Waals surface area contributed by atoms with Gasteiger partial charge in [0, 0.05) is 11.5 Å². The second-order valence-electron chi connectivity index (χ2n) is 7.59. The number of carbonyl (C=O) groups excluding carboxylic acids is 1. The summed E-state index contributed by atoms with van der Waals surface area (Å²) in [6.07, 6.45) is 3.00. The average Bonchev–Trinajstić information content (AvgIpc) is 2.83. The largest absolute Gasteiger partial charge is 0.488 e. The zero-order valence-electron chi connectivity index (χ0n) is 14.2. The van der Waals surface area contributed by atoms with Crippen molar-refractivity contribution >= 4 is 28.0 Å². The number of nitrogens with zero attached hydrogens (tertiary/aromatic N) is 1. The third-order valence-corrected chi connectivity index (χ3v) is 7.00. The molecule has 0 radical (unpaired) electrons. The van der Waals surface area contributed by atoms with Crippen LogP contribution in [0.5, 0.6) is 5.75 Å². The molecule has 0 unspecified atom stereocenters. The van der Waals surface area contributed by atoms with Crippen LogP contribution in [0.25, 0.3) is 0 Å². The van der Waals surface area contributed by atoms with Gasteiger partial charge in [-0.05, 0) is 36.7 Å². The van der Waals surface area contributed by atoms with Gasteiger partial charge < -0.3 is 4.74 Å². The van der Waals surface area contributed by atoms with Crippen LogP contribution in [0.4, 0.5) is 4.39 Å². The van der Waals surface area contributed by atoms with E-state index >= 15 is 0 Å². The van der Waals surface area contributed by atoms with Crippen molar-refractivity contribution in [3.63, 3.8) is 0 Å². The summed E-state index contributed by atoms with van der Waals surface area (Å²) >= 11 is 6.14. The quantitative estimate of drug-likeness (QED) is 0.718. The average molecular weight is 404 g/mol. The Hall–Kier alpha value is -1.47. The molecule has 26 heavy (non-hydrogen) atoms. The first-order valence-electron chi connectivity index (χ1n) is 8.07. The molecule has 0 aliphatic heterocycles. The molecule has 144 valence electrons. The maximum Gasteiger partial charge on any atom is 0.319 e. The third kappa shape index (κ3) is 3.16. The molecule has 3 atom stereocenters. The van der Waals surface area contributed by atoms with Gasteiger partial charge in [0.15, 0.2) is 0 Å². The van der Waals surface area contributed by atoms with Crippen LogP contribution in [-0.4, -0.2) is 20.4 Å². The molecule has 0 aromatic heterocycles. The molecule has 0 N–H and O–H groups in total. The van der Waals surface area contributed by atoms with Crippen LogP contribution in [0.15, 0.2) is 16.5 Å². The van der Waals surface area contributed by atoms with E-state index in [0.717, 1.165) is 31.4 Å². The minimum absolute atomic E-state index is 0. The Morgan fingerprint density at radius 1 is 1.35 bits per heavy atom. The van der Waals surface area contributed by atoms with E-state index in [1.54, 1.807) is 0 Å². The molecule has 2 saturated carbocycles. The Bertz CT molecular complexity index is 875. The number of hydrogen-bond acceptors (Lipinski definition) is 4. The second kappa shape index (κ2) is 6.93. The van der Waals surface area contributed by atoms with Crippen molar-refractivity contribution in [3.05, 3.63) is 28.5 Å². The van der Waals surface area contributed by atoms with Gasteiger partial charge in [-0.25, -0.2) is 4.39 Å². The molecular formula is C18H23ClFNO4S. The van der Waals surface area contributed by atoms with Gasteiger partial charge in [-0.1, -0.05) is 44.2 Å². The summed E-state index contributed by atoms with van der Waals surface area (Å²) in [5, 5.41) is 0.0563. The summed E-state index contributed by atoms with van der Waals surface area (Å²) in [5.41, 5.74) is -0.391. The fraction of sp³-hybridized carbons (Fsp3) is 0.611. The first-order chi connectivity index (χ1) is 11.6. The Balaban J connectivity index is 0.00000243. The lowest BCUT2D eigenvalue weighted by Crippen LogP contribution is -2.38. The second-order valence-corrected chi connectivity index (χ2v) is 8.62. The SMILES string of the molecule is C.CC1(C)[C@@H]2CC[C@@]1(C)[C@@H](Oc1cc(F)c(C(=O)N=S(=O)=O)cc1Cl)C2. The van der Waals surface area contributed by atoms with Crippen molar-refractivity contribution in [1.82, 2.24) is 0 Å². The maximum atomic E-state index is 14.2. The van der Waals surface area contributed by atoms with Crippen LogP contribution >= 0.6 is 11.6 Å². The first kappa shape index (κ1) is 20.8. The molecule has 1 amide bonds. The van der Waals surface area contributed by atoms with Crippen LogP contribution in [-0.2, 0) is 10.5 Å². The summed E-state index contributed by atoms with van der Waals surface area (Å²) in [6.45, 7) is 6.67. The molecule has 0 heterocycles. The highest BCUT2D eigenvalue weighted by Crippen LogP contribution is 2.66. The lowest BCUT2D eigenvalue weighted by Gasteiger charge is -2.39. The summed E-state index contributed by atoms with van der Waals surface area (Å²) in [7, 11) is -2.95. The summed E-state index contributed by atoms with van der Waals surface area (Å²) in [5.74, 6) is -1.40. The molecule has 1 aromatic rings. The third-order valence-electron chi connectivity index (χ3n) is 6.39. The number of rotatable bonds is 3. The fourth-order valence-electron chi connectivity index (χ4n) is 4.36. The normalized spacial score (nSPS) is 28.3. The molecule has 0 saturated heterocycles. The number of carbonyl (C=O) groups is 1. The van der Waals surface area contributed by atoms with Gasteiger partial charge in [0.25, 0.3) is 5.91 Å². The molecule has 2 aliphatic rings.